The van der Waals surface area contributed by atoms with Gasteiger partial charge in [0.25, 0.3) is 0 Å². The van der Waals surface area contributed by atoms with Crippen molar-refractivity contribution < 1.29 is 17.9 Å². The van der Waals surface area contributed by atoms with Crippen LogP contribution in [0.5, 0.6) is 0 Å². The Morgan fingerprint density at radius 1 is 1.58 bits per heavy atom. The van der Waals surface area contributed by atoms with Crippen LogP contribution in [0.15, 0.2) is 12.7 Å². The first-order chi connectivity index (χ1) is 8.94. The zero-order valence-corrected chi connectivity index (χ0v) is 12.1. The smallest absolute Gasteiger partial charge is 0.317 e. The molecule has 1 atom stereocenters. The largest absolute Gasteiger partial charge is 0.376 e. The molecule has 1 heterocycles. The van der Waals surface area contributed by atoms with Gasteiger partial charge in [-0.25, -0.2) is 13.2 Å². The van der Waals surface area contributed by atoms with Gasteiger partial charge in [0.1, 0.15) is 0 Å². The maximum atomic E-state index is 11.9. The van der Waals surface area contributed by atoms with Gasteiger partial charge in [-0.05, 0) is 5.92 Å². The van der Waals surface area contributed by atoms with E-state index in [4.69, 9.17) is 4.74 Å². The number of carbonyl (C=O) groups excluding carboxylic acids is 1. The van der Waals surface area contributed by atoms with Gasteiger partial charge >= 0.3 is 6.03 Å². The third-order valence-corrected chi connectivity index (χ3v) is 4.67. The highest BCUT2D eigenvalue weighted by Crippen LogP contribution is 2.10. The lowest BCUT2D eigenvalue weighted by Crippen LogP contribution is -2.43. The summed E-state index contributed by atoms with van der Waals surface area (Å²) in [6.07, 6.45) is 1.64. The number of ether oxygens (including phenoxy) is 1. The number of hydrogen-bond donors (Lipinski definition) is 1. The number of sulfone groups is 1. The quantitative estimate of drug-likeness (QED) is 0.582. The van der Waals surface area contributed by atoms with Crippen molar-refractivity contribution in [1.29, 1.82) is 0 Å². The van der Waals surface area contributed by atoms with Gasteiger partial charge in [0, 0.05) is 19.6 Å². The van der Waals surface area contributed by atoms with Crippen molar-refractivity contribution >= 4 is 15.9 Å². The zero-order valence-electron chi connectivity index (χ0n) is 11.3. The number of hydrogen-bond acceptors (Lipinski definition) is 4. The number of amides is 2. The van der Waals surface area contributed by atoms with Gasteiger partial charge < -0.3 is 15.0 Å². The van der Waals surface area contributed by atoms with Crippen molar-refractivity contribution in [1.82, 2.24) is 10.2 Å². The molecule has 1 aliphatic rings. The van der Waals surface area contributed by atoms with Crippen LogP contribution >= 0.6 is 0 Å². The highest BCUT2D eigenvalue weighted by atomic mass is 32.2. The summed E-state index contributed by atoms with van der Waals surface area (Å²) in [7, 11) is -3.02. The van der Waals surface area contributed by atoms with E-state index in [9.17, 15) is 13.2 Å². The molecule has 0 aromatic rings. The molecule has 1 rings (SSSR count). The Hall–Kier alpha value is -1.08. The number of nitrogens with one attached hydrogen (secondary N) is 1. The monoisotopic (exact) mass is 290 g/mol. The van der Waals surface area contributed by atoms with E-state index in [0.717, 1.165) is 0 Å². The molecule has 1 N–H and O–H groups in total. The molecule has 1 aliphatic heterocycles. The van der Waals surface area contributed by atoms with Gasteiger partial charge in [0.05, 0.1) is 24.7 Å². The number of rotatable bonds is 5. The molecule has 19 heavy (non-hydrogen) atoms. The molecule has 0 aromatic heterocycles. The highest BCUT2D eigenvalue weighted by Gasteiger charge is 2.26. The molecule has 0 bridgehead atoms. The van der Waals surface area contributed by atoms with E-state index in [-0.39, 0.29) is 30.0 Å². The average molecular weight is 290 g/mol. The van der Waals surface area contributed by atoms with Crippen molar-refractivity contribution in [3.8, 4) is 0 Å². The summed E-state index contributed by atoms with van der Waals surface area (Å²) in [6.45, 7) is 7.37. The SMILES string of the molecule is C=CCOCCNC(=O)N1CCS(=O)(=O)CC(C)C1. The van der Waals surface area contributed by atoms with E-state index < -0.39 is 9.84 Å². The third kappa shape index (κ3) is 6.07. The lowest BCUT2D eigenvalue weighted by Gasteiger charge is -2.22. The summed E-state index contributed by atoms with van der Waals surface area (Å²) in [5, 5.41) is 2.72. The fraction of sp³-hybridized carbons (Fsp3) is 0.750. The minimum absolute atomic E-state index is 0.0322. The van der Waals surface area contributed by atoms with Crippen LogP contribution in [0.3, 0.4) is 0 Å². The molecule has 0 aliphatic carbocycles. The van der Waals surface area contributed by atoms with E-state index in [1.807, 2.05) is 6.92 Å². The van der Waals surface area contributed by atoms with Gasteiger partial charge in [0.15, 0.2) is 9.84 Å². The van der Waals surface area contributed by atoms with Crippen molar-refractivity contribution in [2.75, 3.05) is 44.4 Å². The van der Waals surface area contributed by atoms with Crippen LogP contribution in [0.1, 0.15) is 6.92 Å². The van der Waals surface area contributed by atoms with Gasteiger partial charge in [-0.2, -0.15) is 0 Å². The van der Waals surface area contributed by atoms with Crippen LogP contribution in [-0.4, -0.2) is 63.7 Å². The predicted molar refractivity (Wildman–Crippen MR) is 73.8 cm³/mol. The minimum atomic E-state index is -3.02. The second-order valence-corrected chi connectivity index (χ2v) is 6.99. The van der Waals surface area contributed by atoms with Crippen LogP contribution in [-0.2, 0) is 14.6 Å². The zero-order chi connectivity index (χ0) is 14.3. The maximum absolute atomic E-state index is 11.9. The first-order valence-electron chi connectivity index (χ1n) is 6.36. The topological polar surface area (TPSA) is 75.7 Å². The Kier molecular flexibility index (Phi) is 6.30. The fourth-order valence-corrected chi connectivity index (χ4v) is 3.62. The standard InChI is InChI=1S/C12H22N2O4S/c1-3-6-18-7-4-13-12(15)14-5-8-19(16,17)10-11(2)9-14/h3,11H,1,4-10H2,2H3,(H,13,15). The normalized spacial score (nSPS) is 22.6. The maximum Gasteiger partial charge on any atom is 0.317 e. The summed E-state index contributed by atoms with van der Waals surface area (Å²) in [5.74, 6) is 0.159. The van der Waals surface area contributed by atoms with Crippen molar-refractivity contribution in [2.24, 2.45) is 5.92 Å². The molecule has 0 spiro atoms. The van der Waals surface area contributed by atoms with Crippen molar-refractivity contribution in [3.05, 3.63) is 12.7 Å². The van der Waals surface area contributed by atoms with Crippen molar-refractivity contribution in [3.63, 3.8) is 0 Å². The predicted octanol–water partition coefficient (Wildman–Crippen LogP) is 0.265. The Bertz CT molecular complexity index is 408. The van der Waals surface area contributed by atoms with E-state index >= 15 is 0 Å². The van der Waals surface area contributed by atoms with E-state index in [1.165, 1.54) is 0 Å². The molecule has 7 heteroatoms. The summed E-state index contributed by atoms with van der Waals surface area (Å²) < 4.78 is 28.3. The first kappa shape index (κ1) is 16.0. The molecule has 0 saturated carbocycles. The molecule has 0 radical (unpaired) electrons. The molecule has 6 nitrogen and oxygen atoms in total. The Morgan fingerprint density at radius 3 is 3.00 bits per heavy atom. The lowest BCUT2D eigenvalue weighted by molar-refractivity contribution is 0.157. The Morgan fingerprint density at radius 2 is 2.32 bits per heavy atom. The molecule has 110 valence electrons. The molecular formula is C12H22N2O4S. The molecule has 1 unspecified atom stereocenters. The van der Waals surface area contributed by atoms with E-state index in [0.29, 0.717) is 26.3 Å². The number of carbonyl (C=O) groups is 1. The van der Waals surface area contributed by atoms with Crippen LogP contribution in [0, 0.1) is 5.92 Å². The van der Waals surface area contributed by atoms with Crippen LogP contribution in [0.25, 0.3) is 0 Å². The fourth-order valence-electron chi connectivity index (χ4n) is 1.98. The summed E-state index contributed by atoms with van der Waals surface area (Å²) in [6, 6.07) is -0.230. The van der Waals surface area contributed by atoms with Crippen LogP contribution in [0.2, 0.25) is 0 Å². The number of nitrogens with zero attached hydrogens (tertiary/aromatic N) is 1. The molecule has 0 aromatic carbocycles. The van der Waals surface area contributed by atoms with E-state index in [1.54, 1.807) is 11.0 Å². The Balaban J connectivity index is 2.37. The lowest BCUT2D eigenvalue weighted by atomic mass is 10.2. The first-order valence-corrected chi connectivity index (χ1v) is 8.18. The van der Waals surface area contributed by atoms with Gasteiger partial charge in [0.2, 0.25) is 0 Å². The molecule has 2 amide bonds. The Labute approximate surface area is 114 Å². The van der Waals surface area contributed by atoms with Crippen LogP contribution in [0.4, 0.5) is 4.79 Å². The third-order valence-electron chi connectivity index (χ3n) is 2.79. The van der Waals surface area contributed by atoms with Gasteiger partial charge in [-0.3, -0.25) is 0 Å². The summed E-state index contributed by atoms with van der Waals surface area (Å²) >= 11 is 0. The number of urea groups is 1. The minimum Gasteiger partial charge on any atom is -0.376 e. The average Bonchev–Trinajstić information content (AvgIpc) is 2.46. The summed E-state index contributed by atoms with van der Waals surface area (Å²) in [4.78, 5) is 13.4. The summed E-state index contributed by atoms with van der Waals surface area (Å²) in [5.41, 5.74) is 0. The van der Waals surface area contributed by atoms with Crippen LogP contribution < -0.4 is 5.32 Å². The second-order valence-electron chi connectivity index (χ2n) is 4.76. The molecule has 1 fully saturated rings. The second kappa shape index (κ2) is 7.49. The van der Waals surface area contributed by atoms with Gasteiger partial charge in [-0.1, -0.05) is 13.0 Å². The molecular weight excluding hydrogens is 268 g/mol. The van der Waals surface area contributed by atoms with Gasteiger partial charge in [-0.15, -0.1) is 6.58 Å². The van der Waals surface area contributed by atoms with Crippen molar-refractivity contribution in [2.45, 2.75) is 6.92 Å². The molecule has 1 saturated heterocycles. The highest BCUT2D eigenvalue weighted by molar-refractivity contribution is 7.91. The van der Waals surface area contributed by atoms with E-state index in [2.05, 4.69) is 11.9 Å².